The third-order valence-electron chi connectivity index (χ3n) is 4.28. The van der Waals surface area contributed by atoms with Gasteiger partial charge in [0.05, 0.1) is 23.5 Å². The molecule has 0 radical (unpaired) electrons. The van der Waals surface area contributed by atoms with Gasteiger partial charge in [-0.3, -0.25) is 9.67 Å². The first-order valence-electron chi connectivity index (χ1n) is 7.95. The van der Waals surface area contributed by atoms with Crippen LogP contribution in [0.15, 0.2) is 41.5 Å². The summed E-state index contributed by atoms with van der Waals surface area (Å²) in [7, 11) is 0. The number of pyridine rings is 1. The molecule has 25 heavy (non-hydrogen) atoms. The van der Waals surface area contributed by atoms with E-state index in [9.17, 15) is 8.78 Å². The van der Waals surface area contributed by atoms with E-state index < -0.39 is 6.55 Å². The minimum Gasteiger partial charge on any atom is -0.263 e. The predicted molar refractivity (Wildman–Crippen MR) is 89.9 cm³/mol. The van der Waals surface area contributed by atoms with Crippen molar-refractivity contribution in [2.75, 3.05) is 0 Å². The average Bonchev–Trinajstić information content (AvgIpc) is 3.10. The highest BCUT2D eigenvalue weighted by Gasteiger charge is 2.29. The second-order valence-corrected chi connectivity index (χ2v) is 7.03. The van der Waals surface area contributed by atoms with E-state index in [1.807, 2.05) is 12.1 Å². The highest BCUT2D eigenvalue weighted by molar-refractivity contribution is 9.10. The fraction of sp³-hybridized carbons (Fsp3) is 0.375. The highest BCUT2D eigenvalue weighted by atomic mass is 79.9. The Morgan fingerprint density at radius 1 is 1.16 bits per heavy atom. The number of halogens is 3. The normalized spacial score (nSPS) is 15.7. The quantitative estimate of drug-likeness (QED) is 0.616. The van der Waals surface area contributed by atoms with Crippen LogP contribution in [-0.2, 0) is 0 Å². The Hall–Kier alpha value is -2.16. The highest BCUT2D eigenvalue weighted by Crippen LogP contribution is 2.39. The molecule has 130 valence electrons. The van der Waals surface area contributed by atoms with Gasteiger partial charge >= 0.3 is 6.55 Å². The lowest BCUT2D eigenvalue weighted by molar-refractivity contribution is 0.0582. The van der Waals surface area contributed by atoms with Crippen molar-refractivity contribution in [3.63, 3.8) is 0 Å². The molecule has 3 heterocycles. The molecule has 1 saturated carbocycles. The molecule has 0 aromatic carbocycles. The molecular formula is C16H15BrF2N6. The number of aromatic nitrogens is 6. The van der Waals surface area contributed by atoms with E-state index in [1.165, 1.54) is 12.8 Å². The van der Waals surface area contributed by atoms with Gasteiger partial charge in [-0.25, -0.2) is 4.98 Å². The topological polar surface area (TPSA) is 61.4 Å². The average molecular weight is 409 g/mol. The maximum atomic E-state index is 13.0. The minimum absolute atomic E-state index is 0.0303. The van der Waals surface area contributed by atoms with Gasteiger partial charge in [0.2, 0.25) is 0 Å². The summed E-state index contributed by atoms with van der Waals surface area (Å²) in [6.45, 7) is -2.74. The molecule has 1 atom stereocenters. The number of alkyl halides is 2. The van der Waals surface area contributed by atoms with Crippen LogP contribution in [0.2, 0.25) is 0 Å². The second kappa shape index (κ2) is 6.62. The fourth-order valence-corrected chi connectivity index (χ4v) is 3.08. The Kier molecular flexibility index (Phi) is 4.32. The Balaban J connectivity index is 1.67. The summed E-state index contributed by atoms with van der Waals surface area (Å²) in [6.07, 6.45) is 9.50. The van der Waals surface area contributed by atoms with Crippen LogP contribution in [0.1, 0.15) is 37.5 Å². The zero-order valence-corrected chi connectivity index (χ0v) is 14.7. The molecule has 1 unspecified atom stereocenters. The third-order valence-corrected chi connectivity index (χ3v) is 4.75. The van der Waals surface area contributed by atoms with Gasteiger partial charge < -0.3 is 0 Å². The summed E-state index contributed by atoms with van der Waals surface area (Å²) in [5.74, 6) is 0.767. The maximum absolute atomic E-state index is 13.0. The largest absolute Gasteiger partial charge is 0.335 e. The predicted octanol–water partition coefficient (Wildman–Crippen LogP) is 4.08. The molecule has 0 N–H and O–H groups in total. The molecule has 1 aliphatic rings. The van der Waals surface area contributed by atoms with E-state index in [0.717, 1.165) is 22.9 Å². The Morgan fingerprint density at radius 3 is 2.68 bits per heavy atom. The molecule has 0 aliphatic heterocycles. The van der Waals surface area contributed by atoms with Crippen LogP contribution in [-0.4, -0.2) is 29.5 Å². The summed E-state index contributed by atoms with van der Waals surface area (Å²) in [4.78, 5) is 8.43. The lowest BCUT2D eigenvalue weighted by atomic mass is 10.1. The molecule has 3 aromatic heterocycles. The molecule has 0 saturated heterocycles. The van der Waals surface area contributed by atoms with Gasteiger partial charge in [0.25, 0.3) is 0 Å². The van der Waals surface area contributed by atoms with Crippen LogP contribution in [0.25, 0.3) is 11.4 Å². The first-order valence-corrected chi connectivity index (χ1v) is 8.75. The van der Waals surface area contributed by atoms with Crippen molar-refractivity contribution >= 4 is 15.9 Å². The molecule has 4 rings (SSSR count). The van der Waals surface area contributed by atoms with E-state index >= 15 is 0 Å². The number of rotatable bonds is 6. The fourth-order valence-electron chi connectivity index (χ4n) is 2.84. The minimum atomic E-state index is -2.74. The zero-order valence-electron chi connectivity index (χ0n) is 13.1. The monoisotopic (exact) mass is 408 g/mol. The number of hydrogen-bond acceptors (Lipinski definition) is 4. The van der Waals surface area contributed by atoms with Gasteiger partial charge in [0, 0.05) is 16.9 Å². The van der Waals surface area contributed by atoms with E-state index in [-0.39, 0.29) is 11.9 Å². The molecule has 9 heteroatoms. The van der Waals surface area contributed by atoms with Crippen molar-refractivity contribution < 1.29 is 8.78 Å². The van der Waals surface area contributed by atoms with Gasteiger partial charge in [-0.15, -0.1) is 0 Å². The SMILES string of the molecule is FC(F)n1ncnc1-c1cnn(C(CC2CC2)c2ccc(Br)cn2)c1. The lowest BCUT2D eigenvalue weighted by Gasteiger charge is -2.17. The third kappa shape index (κ3) is 3.46. The Morgan fingerprint density at radius 2 is 2.00 bits per heavy atom. The van der Waals surface area contributed by atoms with Crippen molar-refractivity contribution in [3.8, 4) is 11.4 Å². The molecule has 0 bridgehead atoms. The van der Waals surface area contributed by atoms with Crippen molar-refractivity contribution in [1.82, 2.24) is 29.5 Å². The summed E-state index contributed by atoms with van der Waals surface area (Å²) in [5.41, 5.74) is 1.41. The Labute approximate surface area is 151 Å². The van der Waals surface area contributed by atoms with Crippen LogP contribution >= 0.6 is 15.9 Å². The van der Waals surface area contributed by atoms with Gasteiger partial charge in [0.15, 0.2) is 5.82 Å². The molecule has 0 spiro atoms. The first-order chi connectivity index (χ1) is 12.1. The van der Waals surface area contributed by atoms with Gasteiger partial charge in [-0.2, -0.15) is 23.7 Å². The van der Waals surface area contributed by atoms with Crippen LogP contribution in [0.4, 0.5) is 8.78 Å². The van der Waals surface area contributed by atoms with Crippen molar-refractivity contribution in [2.24, 2.45) is 5.92 Å². The van der Waals surface area contributed by atoms with E-state index in [1.54, 1.807) is 23.3 Å². The zero-order chi connectivity index (χ0) is 17.4. The van der Waals surface area contributed by atoms with Crippen LogP contribution in [0.5, 0.6) is 0 Å². The van der Waals surface area contributed by atoms with Crippen LogP contribution in [0.3, 0.4) is 0 Å². The second-order valence-electron chi connectivity index (χ2n) is 6.11. The molecule has 1 aliphatic carbocycles. The van der Waals surface area contributed by atoms with Crippen molar-refractivity contribution in [2.45, 2.75) is 31.9 Å². The summed E-state index contributed by atoms with van der Waals surface area (Å²) < 4.78 is 29.3. The van der Waals surface area contributed by atoms with Crippen molar-refractivity contribution in [3.05, 3.63) is 47.2 Å². The molecule has 3 aromatic rings. The molecular weight excluding hydrogens is 394 g/mol. The van der Waals surface area contributed by atoms with Crippen LogP contribution < -0.4 is 0 Å². The summed E-state index contributed by atoms with van der Waals surface area (Å²) >= 11 is 3.39. The van der Waals surface area contributed by atoms with Gasteiger partial charge in [-0.05, 0) is 40.4 Å². The van der Waals surface area contributed by atoms with Gasteiger partial charge in [0.1, 0.15) is 6.33 Å². The van der Waals surface area contributed by atoms with Gasteiger partial charge in [-0.1, -0.05) is 12.8 Å². The lowest BCUT2D eigenvalue weighted by Crippen LogP contribution is -2.13. The summed E-state index contributed by atoms with van der Waals surface area (Å²) in [6, 6.07) is 3.87. The number of hydrogen-bond donors (Lipinski definition) is 0. The molecule has 1 fully saturated rings. The number of nitrogens with zero attached hydrogens (tertiary/aromatic N) is 6. The molecule has 6 nitrogen and oxygen atoms in total. The van der Waals surface area contributed by atoms with E-state index in [4.69, 9.17) is 0 Å². The van der Waals surface area contributed by atoms with E-state index in [0.29, 0.717) is 16.2 Å². The standard InChI is InChI=1S/C16H15BrF2N6/c17-12-3-4-13(20-7-12)14(5-10-1-2-10)24-8-11(6-22-24)15-21-9-23-25(15)16(18)19/h3-4,6-10,14,16H,1-2,5H2. The first kappa shape index (κ1) is 16.3. The Bertz CT molecular complexity index is 856. The van der Waals surface area contributed by atoms with Crippen LogP contribution in [0, 0.1) is 5.92 Å². The molecule has 0 amide bonds. The smallest absolute Gasteiger partial charge is 0.263 e. The van der Waals surface area contributed by atoms with Crippen molar-refractivity contribution in [1.29, 1.82) is 0 Å². The van der Waals surface area contributed by atoms with E-state index in [2.05, 4.69) is 36.1 Å². The maximum Gasteiger partial charge on any atom is 0.335 e. The summed E-state index contributed by atoms with van der Waals surface area (Å²) in [5, 5.41) is 7.96.